The van der Waals surface area contributed by atoms with Crippen LogP contribution in [0.15, 0.2) is 36.7 Å². The third-order valence-electron chi connectivity index (χ3n) is 4.59. The largest absolute Gasteiger partial charge is 0.374 e. The molecule has 0 amide bonds. The molecule has 4 rings (SSSR count). The second-order valence-electron chi connectivity index (χ2n) is 6.00. The van der Waals surface area contributed by atoms with E-state index in [1.165, 1.54) is 33.2 Å². The van der Waals surface area contributed by atoms with Gasteiger partial charge in [-0.25, -0.2) is 4.98 Å². The van der Waals surface area contributed by atoms with Crippen molar-refractivity contribution in [1.29, 1.82) is 0 Å². The van der Waals surface area contributed by atoms with E-state index in [0.29, 0.717) is 0 Å². The number of rotatable bonds is 1. The van der Waals surface area contributed by atoms with E-state index in [2.05, 4.69) is 66.9 Å². The summed E-state index contributed by atoms with van der Waals surface area (Å²) in [5, 5.41) is 1.26. The van der Waals surface area contributed by atoms with Crippen molar-refractivity contribution in [3.8, 4) is 11.1 Å². The van der Waals surface area contributed by atoms with Gasteiger partial charge in [-0.1, -0.05) is 17.6 Å². The normalized spacial score (nSPS) is 13.9. The summed E-state index contributed by atoms with van der Waals surface area (Å²) in [6, 6.07) is 8.94. The molecule has 0 N–H and O–H groups in total. The van der Waals surface area contributed by atoms with Crippen LogP contribution >= 0.6 is 0 Å². The van der Waals surface area contributed by atoms with E-state index in [1.54, 1.807) is 0 Å². The smallest absolute Gasteiger partial charge is 0.140 e. The van der Waals surface area contributed by atoms with Crippen molar-refractivity contribution < 1.29 is 0 Å². The van der Waals surface area contributed by atoms with Crippen LogP contribution in [0.1, 0.15) is 5.56 Å². The van der Waals surface area contributed by atoms with Crippen molar-refractivity contribution in [2.45, 2.75) is 6.42 Å². The van der Waals surface area contributed by atoms with Crippen LogP contribution in [0.25, 0.3) is 22.2 Å². The van der Waals surface area contributed by atoms with Gasteiger partial charge < -0.3 is 9.47 Å². The molecule has 0 fully saturated rings. The summed E-state index contributed by atoms with van der Waals surface area (Å²) in [6.45, 7) is 1.12. The van der Waals surface area contributed by atoms with Gasteiger partial charge in [-0.3, -0.25) is 0 Å². The summed E-state index contributed by atoms with van der Waals surface area (Å²) in [6.07, 6.45) is 5.24. The maximum absolute atomic E-state index is 4.53. The predicted molar refractivity (Wildman–Crippen MR) is 91.3 cm³/mol. The molecule has 0 atom stereocenters. The first kappa shape index (κ1) is 12.5. The molecule has 0 bridgehead atoms. The first-order valence-corrected chi connectivity index (χ1v) is 7.40. The molecule has 2 aromatic heterocycles. The molecule has 0 saturated carbocycles. The lowest BCUT2D eigenvalue weighted by Gasteiger charge is -2.13. The molecule has 3 nitrogen and oxygen atoms in total. The van der Waals surface area contributed by atoms with Gasteiger partial charge in [-0.2, -0.15) is 0 Å². The van der Waals surface area contributed by atoms with Crippen molar-refractivity contribution >= 4 is 30.0 Å². The topological polar surface area (TPSA) is 21.1 Å². The average Bonchev–Trinajstić information content (AvgIpc) is 3.02. The highest BCUT2D eigenvalue weighted by Gasteiger charge is 2.18. The Bertz CT molecular complexity index is 851. The van der Waals surface area contributed by atoms with Gasteiger partial charge in [0.05, 0.1) is 0 Å². The number of anilines is 1. The van der Waals surface area contributed by atoms with Gasteiger partial charge in [0, 0.05) is 49.7 Å². The van der Waals surface area contributed by atoms with Gasteiger partial charge in [0.2, 0.25) is 0 Å². The standard InChI is InChI=1S/C17H18BN3/c1-20-8-6-11-3-4-12(9-15(11)20)13-10-21(2)17-16(13)14(18)5-7-19-17/h3-5,7,9-10H,6,8,18H2,1-2H3. The molecule has 104 valence electrons. The van der Waals surface area contributed by atoms with E-state index in [4.69, 9.17) is 0 Å². The van der Waals surface area contributed by atoms with Crippen molar-refractivity contribution in [1.82, 2.24) is 9.55 Å². The summed E-state index contributed by atoms with van der Waals surface area (Å²) in [7, 11) is 6.40. The van der Waals surface area contributed by atoms with E-state index in [-0.39, 0.29) is 0 Å². The van der Waals surface area contributed by atoms with Crippen molar-refractivity contribution in [3.05, 3.63) is 42.2 Å². The number of nitrogens with zero attached hydrogens (tertiary/aromatic N) is 3. The highest BCUT2D eigenvalue weighted by Crippen LogP contribution is 2.34. The van der Waals surface area contributed by atoms with E-state index >= 15 is 0 Å². The highest BCUT2D eigenvalue weighted by atomic mass is 15.1. The molecular weight excluding hydrogens is 257 g/mol. The highest BCUT2D eigenvalue weighted by molar-refractivity contribution is 6.39. The van der Waals surface area contributed by atoms with E-state index in [9.17, 15) is 0 Å². The summed E-state index contributed by atoms with van der Waals surface area (Å²) in [5.74, 6) is 0. The molecular formula is C17H18BN3. The minimum Gasteiger partial charge on any atom is -0.374 e. The first-order valence-electron chi connectivity index (χ1n) is 7.40. The molecule has 4 heteroatoms. The van der Waals surface area contributed by atoms with Crippen molar-refractivity contribution in [2.24, 2.45) is 7.05 Å². The number of hydrogen-bond donors (Lipinski definition) is 0. The Balaban J connectivity index is 1.97. The second kappa shape index (κ2) is 4.38. The molecule has 0 saturated heterocycles. The zero-order valence-corrected chi connectivity index (χ0v) is 12.7. The van der Waals surface area contributed by atoms with Crippen LogP contribution in [0.5, 0.6) is 0 Å². The van der Waals surface area contributed by atoms with Gasteiger partial charge in [-0.15, -0.1) is 0 Å². The van der Waals surface area contributed by atoms with Crippen LogP contribution in [-0.2, 0) is 13.5 Å². The Hall–Kier alpha value is -2.23. The summed E-state index contributed by atoms with van der Waals surface area (Å²) in [5.41, 5.74) is 7.72. The fourth-order valence-electron chi connectivity index (χ4n) is 3.39. The monoisotopic (exact) mass is 275 g/mol. The SMILES string of the molecule is Bc1ccnc2c1c(-c1ccc3c(c1)N(C)CC3)cn2C. The first-order chi connectivity index (χ1) is 10.1. The molecule has 0 aliphatic carbocycles. The molecule has 1 aromatic carbocycles. The van der Waals surface area contributed by atoms with Crippen LogP contribution in [0.3, 0.4) is 0 Å². The van der Waals surface area contributed by atoms with Crippen LogP contribution in [0, 0.1) is 0 Å². The third-order valence-corrected chi connectivity index (χ3v) is 4.59. The van der Waals surface area contributed by atoms with E-state index in [1.807, 2.05) is 6.20 Å². The fraction of sp³-hybridized carbons (Fsp3) is 0.235. The minimum absolute atomic E-state index is 1.05. The quantitative estimate of drug-likeness (QED) is 0.627. The molecule has 0 spiro atoms. The van der Waals surface area contributed by atoms with Crippen LogP contribution in [0.4, 0.5) is 5.69 Å². The molecule has 1 aliphatic heterocycles. The number of pyridine rings is 1. The van der Waals surface area contributed by atoms with Crippen LogP contribution < -0.4 is 10.4 Å². The van der Waals surface area contributed by atoms with Crippen molar-refractivity contribution in [3.63, 3.8) is 0 Å². The lowest BCUT2D eigenvalue weighted by atomic mass is 9.90. The van der Waals surface area contributed by atoms with Gasteiger partial charge in [0.25, 0.3) is 0 Å². The van der Waals surface area contributed by atoms with E-state index in [0.717, 1.165) is 18.6 Å². The third kappa shape index (κ3) is 1.79. The number of aryl methyl sites for hydroxylation is 1. The number of hydrogen-bond acceptors (Lipinski definition) is 2. The Morgan fingerprint density at radius 1 is 1.19 bits per heavy atom. The lowest BCUT2D eigenvalue weighted by molar-refractivity contribution is 0.949. The molecule has 1 aliphatic rings. The number of likely N-dealkylation sites (N-methyl/N-ethyl adjacent to an activating group) is 1. The van der Waals surface area contributed by atoms with Crippen molar-refractivity contribution in [2.75, 3.05) is 18.5 Å². The molecule has 0 radical (unpaired) electrons. The number of benzene rings is 1. The average molecular weight is 275 g/mol. The molecule has 3 heterocycles. The molecule has 3 aromatic rings. The Morgan fingerprint density at radius 3 is 2.90 bits per heavy atom. The summed E-state index contributed by atoms with van der Waals surface area (Å²) >= 11 is 0. The Kier molecular flexibility index (Phi) is 2.61. The lowest BCUT2D eigenvalue weighted by Crippen LogP contribution is -2.12. The zero-order chi connectivity index (χ0) is 14.6. The molecule has 0 unspecified atom stereocenters. The maximum atomic E-state index is 4.53. The number of fused-ring (bicyclic) bond motifs is 2. The Morgan fingerprint density at radius 2 is 2.05 bits per heavy atom. The van der Waals surface area contributed by atoms with Gasteiger partial charge in [-0.05, 0) is 29.7 Å². The zero-order valence-electron chi connectivity index (χ0n) is 12.7. The minimum atomic E-state index is 1.05. The number of aromatic nitrogens is 2. The maximum Gasteiger partial charge on any atom is 0.140 e. The summed E-state index contributed by atoms with van der Waals surface area (Å²) in [4.78, 5) is 6.87. The fourth-order valence-corrected chi connectivity index (χ4v) is 3.39. The second-order valence-corrected chi connectivity index (χ2v) is 6.00. The Labute approximate surface area is 125 Å². The summed E-state index contributed by atoms with van der Waals surface area (Å²) < 4.78 is 2.12. The van der Waals surface area contributed by atoms with Crippen LogP contribution in [0.2, 0.25) is 0 Å². The molecule has 21 heavy (non-hydrogen) atoms. The predicted octanol–water partition coefficient (Wildman–Crippen LogP) is 1.49. The van der Waals surface area contributed by atoms with Crippen LogP contribution in [-0.4, -0.2) is 31.0 Å². The van der Waals surface area contributed by atoms with Gasteiger partial charge >= 0.3 is 0 Å². The van der Waals surface area contributed by atoms with Gasteiger partial charge in [0.15, 0.2) is 0 Å². The van der Waals surface area contributed by atoms with Gasteiger partial charge in [0.1, 0.15) is 13.5 Å². The van der Waals surface area contributed by atoms with E-state index < -0.39 is 0 Å².